The van der Waals surface area contributed by atoms with Crippen molar-refractivity contribution >= 4 is 0 Å². The molecule has 0 amide bonds. The van der Waals surface area contributed by atoms with E-state index >= 15 is 0 Å². The average molecular weight is 198 g/mol. The van der Waals surface area contributed by atoms with E-state index in [0.29, 0.717) is 16.9 Å². The summed E-state index contributed by atoms with van der Waals surface area (Å²) in [5.41, 5.74) is -0.674. The minimum atomic E-state index is -0.994. The van der Waals surface area contributed by atoms with E-state index in [0.717, 1.165) is 0 Å². The molecule has 1 rings (SSSR count). The maximum absolute atomic E-state index is 9.93. The molecular weight excluding hydrogens is 180 g/mol. The molecule has 0 bridgehead atoms. The monoisotopic (exact) mass is 198 g/mol. The molecule has 0 radical (unpaired) electrons. The highest BCUT2D eigenvalue weighted by Crippen LogP contribution is 2.34. The third kappa shape index (κ3) is 1.99. The van der Waals surface area contributed by atoms with Crippen molar-refractivity contribution in [1.29, 1.82) is 0 Å². The molecule has 2 N–H and O–H groups in total. The van der Waals surface area contributed by atoms with Crippen molar-refractivity contribution in [2.24, 2.45) is 0 Å². The van der Waals surface area contributed by atoms with Crippen LogP contribution in [0.25, 0.3) is 0 Å². The summed E-state index contributed by atoms with van der Waals surface area (Å²) >= 11 is 0. The van der Waals surface area contributed by atoms with E-state index in [1.807, 2.05) is 0 Å². The van der Waals surface area contributed by atoms with Crippen LogP contribution in [-0.2, 0) is 11.2 Å². The van der Waals surface area contributed by atoms with Crippen LogP contribution in [0.4, 0.5) is 0 Å². The minimum absolute atomic E-state index is 0.641. The maximum atomic E-state index is 9.93. The van der Waals surface area contributed by atoms with Gasteiger partial charge in [-0.1, -0.05) is 0 Å². The molecule has 14 heavy (non-hydrogen) atoms. The van der Waals surface area contributed by atoms with E-state index in [2.05, 4.69) is 0 Å². The van der Waals surface area contributed by atoms with E-state index in [-0.39, 0.29) is 0 Å². The molecule has 80 valence electrons. The first-order valence-electron chi connectivity index (χ1n) is 4.68. The van der Waals surface area contributed by atoms with Gasteiger partial charge in [-0.3, -0.25) is 0 Å². The normalized spacial score (nSPS) is 13.4. The molecule has 1 aromatic heterocycles. The first-order valence-corrected chi connectivity index (χ1v) is 4.68. The van der Waals surface area contributed by atoms with Crippen molar-refractivity contribution in [3.63, 3.8) is 0 Å². The smallest absolute Gasteiger partial charge is 0.107 e. The Labute approximate surface area is 84.4 Å². The molecule has 1 heterocycles. The third-order valence-corrected chi connectivity index (χ3v) is 2.25. The van der Waals surface area contributed by atoms with Gasteiger partial charge in [0.25, 0.3) is 0 Å². The van der Waals surface area contributed by atoms with Crippen molar-refractivity contribution in [1.82, 2.24) is 0 Å². The number of hydrogen-bond donors (Lipinski definition) is 2. The van der Waals surface area contributed by atoms with Gasteiger partial charge < -0.3 is 14.6 Å². The quantitative estimate of drug-likeness (QED) is 0.764. The Balaban J connectivity index is 3.35. The summed E-state index contributed by atoms with van der Waals surface area (Å²) in [7, 11) is 0. The van der Waals surface area contributed by atoms with Crippen molar-refractivity contribution in [2.45, 2.75) is 45.8 Å². The molecule has 0 unspecified atom stereocenters. The fourth-order valence-corrected chi connectivity index (χ4v) is 1.67. The SMILES string of the molecule is Cc1occ(C(C)(C)O)c1C(C)(C)O. The molecule has 3 nitrogen and oxygen atoms in total. The van der Waals surface area contributed by atoms with Crippen LogP contribution in [0.5, 0.6) is 0 Å². The summed E-state index contributed by atoms with van der Waals surface area (Å²) in [6.07, 6.45) is 1.50. The highest BCUT2D eigenvalue weighted by molar-refractivity contribution is 5.35. The Morgan fingerprint density at radius 2 is 1.57 bits per heavy atom. The molecule has 3 heteroatoms. The first-order chi connectivity index (χ1) is 6.14. The number of aliphatic hydroxyl groups is 2. The molecule has 0 aliphatic heterocycles. The molecule has 0 aliphatic carbocycles. The Bertz CT molecular complexity index is 323. The lowest BCUT2D eigenvalue weighted by molar-refractivity contribution is 0.0529. The van der Waals surface area contributed by atoms with Crippen molar-refractivity contribution in [2.75, 3.05) is 0 Å². The molecule has 0 spiro atoms. The molecule has 0 saturated carbocycles. The fraction of sp³-hybridized carbons (Fsp3) is 0.636. The van der Waals surface area contributed by atoms with Gasteiger partial charge >= 0.3 is 0 Å². The van der Waals surface area contributed by atoms with E-state index in [4.69, 9.17) is 4.42 Å². The van der Waals surface area contributed by atoms with E-state index < -0.39 is 11.2 Å². The molecular formula is C11H18O3. The average Bonchev–Trinajstić information content (AvgIpc) is 2.27. The number of furan rings is 1. The summed E-state index contributed by atoms with van der Waals surface area (Å²) in [5.74, 6) is 0.648. The lowest BCUT2D eigenvalue weighted by Gasteiger charge is -2.24. The van der Waals surface area contributed by atoms with Crippen LogP contribution in [0, 0.1) is 6.92 Å². The number of rotatable bonds is 2. The van der Waals surface area contributed by atoms with Gasteiger partial charge in [-0.2, -0.15) is 0 Å². The van der Waals surface area contributed by atoms with Gasteiger partial charge in [0.1, 0.15) is 5.76 Å². The minimum Gasteiger partial charge on any atom is -0.469 e. The first kappa shape index (κ1) is 11.3. The Morgan fingerprint density at radius 1 is 1.07 bits per heavy atom. The van der Waals surface area contributed by atoms with Crippen LogP contribution < -0.4 is 0 Å². The van der Waals surface area contributed by atoms with Crippen LogP contribution in [-0.4, -0.2) is 10.2 Å². The second kappa shape index (κ2) is 3.11. The van der Waals surface area contributed by atoms with E-state index in [1.165, 1.54) is 6.26 Å². The zero-order valence-corrected chi connectivity index (χ0v) is 9.38. The maximum Gasteiger partial charge on any atom is 0.107 e. The Morgan fingerprint density at radius 3 is 1.86 bits per heavy atom. The summed E-state index contributed by atoms with van der Waals surface area (Å²) in [4.78, 5) is 0. The van der Waals surface area contributed by atoms with Crippen LogP contribution in [0.3, 0.4) is 0 Å². The number of aryl methyl sites for hydroxylation is 1. The molecule has 0 atom stereocenters. The molecule has 0 aliphatic rings. The van der Waals surface area contributed by atoms with Crippen LogP contribution in [0.1, 0.15) is 44.6 Å². The van der Waals surface area contributed by atoms with E-state index in [1.54, 1.807) is 34.6 Å². The second-order valence-corrected chi connectivity index (χ2v) is 4.70. The van der Waals surface area contributed by atoms with Crippen LogP contribution in [0.2, 0.25) is 0 Å². The standard InChI is InChI=1S/C11H18O3/c1-7-9(11(4,5)13)8(6-14-7)10(2,3)12/h6,12-13H,1-5H3. The highest BCUT2D eigenvalue weighted by atomic mass is 16.3. The highest BCUT2D eigenvalue weighted by Gasteiger charge is 2.31. The predicted octanol–water partition coefficient (Wildman–Crippen LogP) is 2.04. The third-order valence-electron chi connectivity index (χ3n) is 2.25. The van der Waals surface area contributed by atoms with Gasteiger partial charge in [-0.15, -0.1) is 0 Å². The topological polar surface area (TPSA) is 53.6 Å². The van der Waals surface area contributed by atoms with Gasteiger partial charge in [0.05, 0.1) is 17.5 Å². The second-order valence-electron chi connectivity index (χ2n) is 4.70. The van der Waals surface area contributed by atoms with Crippen molar-refractivity contribution in [3.05, 3.63) is 23.2 Å². The summed E-state index contributed by atoms with van der Waals surface area (Å²) in [5, 5.41) is 19.8. The van der Waals surface area contributed by atoms with Gasteiger partial charge in [0.15, 0.2) is 0 Å². The van der Waals surface area contributed by atoms with Crippen LogP contribution >= 0.6 is 0 Å². The Kier molecular flexibility index (Phi) is 2.50. The zero-order chi connectivity index (χ0) is 11.1. The van der Waals surface area contributed by atoms with Crippen molar-refractivity contribution < 1.29 is 14.6 Å². The number of hydrogen-bond acceptors (Lipinski definition) is 3. The molecule has 1 aromatic rings. The van der Waals surface area contributed by atoms with E-state index in [9.17, 15) is 10.2 Å². The predicted molar refractivity (Wildman–Crippen MR) is 53.9 cm³/mol. The van der Waals surface area contributed by atoms with Crippen molar-refractivity contribution in [3.8, 4) is 0 Å². The lowest BCUT2D eigenvalue weighted by atomic mass is 9.87. The summed E-state index contributed by atoms with van der Waals surface area (Å²) in [6.45, 7) is 8.49. The van der Waals surface area contributed by atoms with Gasteiger partial charge in [-0.05, 0) is 34.6 Å². The van der Waals surface area contributed by atoms with Gasteiger partial charge in [0, 0.05) is 11.1 Å². The molecule has 0 aromatic carbocycles. The summed E-state index contributed by atoms with van der Waals surface area (Å²) in [6, 6.07) is 0. The lowest BCUT2D eigenvalue weighted by Crippen LogP contribution is -2.24. The summed E-state index contributed by atoms with van der Waals surface area (Å²) < 4.78 is 5.23. The Hall–Kier alpha value is -0.800. The largest absolute Gasteiger partial charge is 0.469 e. The molecule has 0 saturated heterocycles. The van der Waals surface area contributed by atoms with Gasteiger partial charge in [-0.25, -0.2) is 0 Å². The molecule has 0 fully saturated rings. The van der Waals surface area contributed by atoms with Gasteiger partial charge in [0.2, 0.25) is 0 Å². The fourth-order valence-electron chi connectivity index (χ4n) is 1.67. The van der Waals surface area contributed by atoms with Crippen LogP contribution in [0.15, 0.2) is 10.7 Å². The zero-order valence-electron chi connectivity index (χ0n) is 9.38.